The molecule has 2 N–H and O–H groups in total. The lowest BCUT2D eigenvalue weighted by Crippen LogP contribution is -2.37. The van der Waals surface area contributed by atoms with Gasteiger partial charge in [-0.25, -0.2) is 0 Å². The molecule has 0 bridgehead atoms. The van der Waals surface area contributed by atoms with E-state index in [-0.39, 0.29) is 5.91 Å². The summed E-state index contributed by atoms with van der Waals surface area (Å²) in [5.41, 5.74) is 9.37. The average molecular weight is 282 g/mol. The van der Waals surface area contributed by atoms with Crippen LogP contribution in [0.15, 0.2) is 42.5 Å². The van der Waals surface area contributed by atoms with Gasteiger partial charge < -0.3 is 15.4 Å². The van der Waals surface area contributed by atoms with Gasteiger partial charge in [-0.1, -0.05) is 18.2 Å². The van der Waals surface area contributed by atoms with E-state index >= 15 is 0 Å². The topological polar surface area (TPSA) is 55.6 Å². The summed E-state index contributed by atoms with van der Waals surface area (Å²) in [6.07, 6.45) is 0.881. The second-order valence-corrected chi connectivity index (χ2v) is 5.21. The first kappa shape index (κ1) is 13.5. The molecule has 21 heavy (non-hydrogen) atoms. The molecule has 108 valence electrons. The molecule has 3 rings (SSSR count). The Bertz CT molecular complexity index is 682. The Kier molecular flexibility index (Phi) is 3.52. The van der Waals surface area contributed by atoms with Crippen LogP contribution in [0, 0.1) is 0 Å². The lowest BCUT2D eigenvalue weighted by Gasteiger charge is -2.29. The number of hydrogen-bond donors (Lipinski definition) is 1. The van der Waals surface area contributed by atoms with Crippen molar-refractivity contribution in [3.63, 3.8) is 0 Å². The van der Waals surface area contributed by atoms with Crippen molar-refractivity contribution in [1.29, 1.82) is 0 Å². The molecule has 2 aromatic rings. The second-order valence-electron chi connectivity index (χ2n) is 5.21. The Morgan fingerprint density at radius 2 is 2.05 bits per heavy atom. The minimum Gasteiger partial charge on any atom is -0.496 e. The summed E-state index contributed by atoms with van der Waals surface area (Å²) in [6.45, 7) is 1.23. The molecule has 0 spiro atoms. The van der Waals surface area contributed by atoms with E-state index in [4.69, 9.17) is 10.5 Å². The third-order valence-corrected chi connectivity index (χ3v) is 3.85. The molecule has 0 aliphatic carbocycles. The van der Waals surface area contributed by atoms with Gasteiger partial charge in [0.1, 0.15) is 5.75 Å². The molecule has 0 unspecified atom stereocenters. The maximum atomic E-state index is 12.6. The monoisotopic (exact) mass is 282 g/mol. The summed E-state index contributed by atoms with van der Waals surface area (Å²) in [5.74, 6) is 0.831. The zero-order valence-corrected chi connectivity index (χ0v) is 12.0. The van der Waals surface area contributed by atoms with Crippen LogP contribution < -0.4 is 10.5 Å². The van der Waals surface area contributed by atoms with Crippen molar-refractivity contribution in [3.05, 3.63) is 59.2 Å². The molecule has 1 aliphatic rings. The summed E-state index contributed by atoms with van der Waals surface area (Å²) in [4.78, 5) is 14.4. The van der Waals surface area contributed by atoms with Gasteiger partial charge in [-0.05, 0) is 36.2 Å². The zero-order valence-electron chi connectivity index (χ0n) is 12.0. The normalized spacial score (nSPS) is 14.0. The number of nitrogens with two attached hydrogens (primary N) is 1. The summed E-state index contributed by atoms with van der Waals surface area (Å²) in [7, 11) is 1.63. The summed E-state index contributed by atoms with van der Waals surface area (Å²) >= 11 is 0. The SMILES string of the molecule is COc1ccc(N)cc1CN1CCc2ccccc2C1=O. The van der Waals surface area contributed by atoms with Crippen LogP contribution in [0.25, 0.3) is 0 Å². The van der Waals surface area contributed by atoms with Crippen molar-refractivity contribution in [2.45, 2.75) is 13.0 Å². The number of rotatable bonds is 3. The Labute approximate surface area is 124 Å². The molecule has 0 fully saturated rings. The van der Waals surface area contributed by atoms with Crippen molar-refractivity contribution >= 4 is 11.6 Å². The van der Waals surface area contributed by atoms with Crippen LogP contribution in [0.1, 0.15) is 21.5 Å². The highest BCUT2D eigenvalue weighted by molar-refractivity contribution is 5.96. The number of fused-ring (bicyclic) bond motifs is 1. The number of carbonyl (C=O) groups is 1. The van der Waals surface area contributed by atoms with Crippen molar-refractivity contribution < 1.29 is 9.53 Å². The third kappa shape index (κ3) is 2.57. The van der Waals surface area contributed by atoms with Crippen LogP contribution in [-0.4, -0.2) is 24.5 Å². The molecule has 1 aliphatic heterocycles. The Morgan fingerprint density at radius 1 is 1.24 bits per heavy atom. The molecule has 1 amide bonds. The van der Waals surface area contributed by atoms with Crippen LogP contribution in [0.3, 0.4) is 0 Å². The van der Waals surface area contributed by atoms with Gasteiger partial charge in [-0.3, -0.25) is 4.79 Å². The number of nitrogen functional groups attached to an aromatic ring is 1. The molecule has 2 aromatic carbocycles. The van der Waals surface area contributed by atoms with Gasteiger partial charge in [0.15, 0.2) is 0 Å². The first-order valence-electron chi connectivity index (χ1n) is 6.98. The van der Waals surface area contributed by atoms with E-state index in [1.54, 1.807) is 13.2 Å². The highest BCUT2D eigenvalue weighted by Gasteiger charge is 2.24. The standard InChI is InChI=1S/C17H18N2O2/c1-21-16-7-6-14(18)10-13(16)11-19-9-8-12-4-2-3-5-15(12)17(19)20/h2-7,10H,8-9,11,18H2,1H3. The number of hydrogen-bond acceptors (Lipinski definition) is 3. The van der Waals surface area contributed by atoms with Gasteiger partial charge in [-0.15, -0.1) is 0 Å². The van der Waals surface area contributed by atoms with Crippen LogP contribution >= 0.6 is 0 Å². The van der Waals surface area contributed by atoms with E-state index < -0.39 is 0 Å². The molecule has 0 aromatic heterocycles. The molecule has 4 heteroatoms. The smallest absolute Gasteiger partial charge is 0.254 e. The van der Waals surface area contributed by atoms with E-state index in [2.05, 4.69) is 0 Å². The Balaban J connectivity index is 1.87. The average Bonchev–Trinajstić information content (AvgIpc) is 2.51. The second kappa shape index (κ2) is 5.48. The number of anilines is 1. The van der Waals surface area contributed by atoms with Gasteiger partial charge in [0.2, 0.25) is 0 Å². The van der Waals surface area contributed by atoms with Crippen molar-refractivity contribution in [2.75, 3.05) is 19.4 Å². The van der Waals surface area contributed by atoms with Gasteiger partial charge >= 0.3 is 0 Å². The van der Waals surface area contributed by atoms with Crippen molar-refractivity contribution in [2.24, 2.45) is 0 Å². The molecule has 0 saturated heterocycles. The van der Waals surface area contributed by atoms with E-state index in [9.17, 15) is 4.79 Å². The number of ether oxygens (including phenoxy) is 1. The molecule has 0 atom stereocenters. The van der Waals surface area contributed by atoms with Gasteiger partial charge in [0.25, 0.3) is 5.91 Å². The first-order valence-corrected chi connectivity index (χ1v) is 6.98. The van der Waals surface area contributed by atoms with Gasteiger partial charge in [-0.2, -0.15) is 0 Å². The lowest BCUT2D eigenvalue weighted by atomic mass is 9.98. The lowest BCUT2D eigenvalue weighted by molar-refractivity contribution is 0.0726. The summed E-state index contributed by atoms with van der Waals surface area (Å²) in [5, 5.41) is 0. The van der Waals surface area contributed by atoms with Crippen LogP contribution in [0.2, 0.25) is 0 Å². The summed E-state index contributed by atoms with van der Waals surface area (Å²) < 4.78 is 5.35. The number of carbonyl (C=O) groups excluding carboxylic acids is 1. The predicted octanol–water partition coefficient (Wildman–Crippen LogP) is 2.48. The van der Waals surface area contributed by atoms with E-state index in [0.29, 0.717) is 18.8 Å². The fourth-order valence-corrected chi connectivity index (χ4v) is 2.75. The zero-order chi connectivity index (χ0) is 14.8. The number of amides is 1. The minimum absolute atomic E-state index is 0.0707. The Hall–Kier alpha value is -2.49. The van der Waals surface area contributed by atoms with Gasteiger partial charge in [0.05, 0.1) is 7.11 Å². The minimum atomic E-state index is 0.0707. The predicted molar refractivity (Wildman–Crippen MR) is 82.3 cm³/mol. The fraction of sp³-hybridized carbons (Fsp3) is 0.235. The Morgan fingerprint density at radius 3 is 2.86 bits per heavy atom. The fourth-order valence-electron chi connectivity index (χ4n) is 2.75. The maximum absolute atomic E-state index is 12.6. The molecule has 0 saturated carbocycles. The number of benzene rings is 2. The van der Waals surface area contributed by atoms with Crippen LogP contribution in [0.4, 0.5) is 5.69 Å². The largest absolute Gasteiger partial charge is 0.496 e. The number of nitrogens with zero attached hydrogens (tertiary/aromatic N) is 1. The highest BCUT2D eigenvalue weighted by Crippen LogP contribution is 2.26. The van der Waals surface area contributed by atoms with Crippen LogP contribution in [0.5, 0.6) is 5.75 Å². The van der Waals surface area contributed by atoms with E-state index in [1.807, 2.05) is 41.3 Å². The van der Waals surface area contributed by atoms with E-state index in [0.717, 1.165) is 28.9 Å². The first-order chi connectivity index (χ1) is 10.2. The van der Waals surface area contributed by atoms with Crippen molar-refractivity contribution in [1.82, 2.24) is 4.90 Å². The highest BCUT2D eigenvalue weighted by atomic mass is 16.5. The molecular weight excluding hydrogens is 264 g/mol. The van der Waals surface area contributed by atoms with Gasteiger partial charge in [0, 0.05) is 29.9 Å². The molecule has 1 heterocycles. The number of methoxy groups -OCH3 is 1. The summed E-state index contributed by atoms with van der Waals surface area (Å²) in [6, 6.07) is 13.3. The molecule has 0 radical (unpaired) electrons. The molecular formula is C17H18N2O2. The molecule has 4 nitrogen and oxygen atoms in total. The third-order valence-electron chi connectivity index (χ3n) is 3.85. The quantitative estimate of drug-likeness (QED) is 0.880. The van der Waals surface area contributed by atoms with Crippen LogP contribution in [-0.2, 0) is 13.0 Å². The van der Waals surface area contributed by atoms with E-state index in [1.165, 1.54) is 0 Å². The van der Waals surface area contributed by atoms with Crippen molar-refractivity contribution in [3.8, 4) is 5.75 Å². The maximum Gasteiger partial charge on any atom is 0.254 e.